The highest BCUT2D eigenvalue weighted by atomic mass is 16.5. The molecule has 0 bridgehead atoms. The summed E-state index contributed by atoms with van der Waals surface area (Å²) in [5.41, 5.74) is 0. The lowest BCUT2D eigenvalue weighted by Crippen LogP contribution is -1.97. The van der Waals surface area contributed by atoms with E-state index in [1.54, 1.807) is 6.07 Å². The lowest BCUT2D eigenvalue weighted by molar-refractivity contribution is 0.325. The van der Waals surface area contributed by atoms with Crippen molar-refractivity contribution in [3.05, 3.63) is 6.07 Å². The topological polar surface area (TPSA) is 53.5 Å². The van der Waals surface area contributed by atoms with E-state index in [1.165, 1.54) is 21.3 Å². The van der Waals surface area contributed by atoms with Crippen molar-refractivity contribution in [1.29, 1.82) is 0 Å². The first-order chi connectivity index (χ1) is 5.81. The van der Waals surface area contributed by atoms with Crippen LogP contribution in [0.5, 0.6) is 17.5 Å². The molecule has 0 radical (unpaired) electrons. The van der Waals surface area contributed by atoms with Crippen molar-refractivity contribution in [2.24, 2.45) is 0 Å². The standard InChI is InChI=1S/C7H10N2O3/c1-10-5-4-6(11-2)8-9-7(5)12-3/h4H,1-3H3. The molecule has 0 saturated carbocycles. The van der Waals surface area contributed by atoms with Gasteiger partial charge in [-0.3, -0.25) is 0 Å². The monoisotopic (exact) mass is 170 g/mol. The maximum Gasteiger partial charge on any atom is 0.276 e. The zero-order chi connectivity index (χ0) is 8.97. The number of nitrogens with zero attached hydrogens (tertiary/aromatic N) is 2. The molecule has 0 fully saturated rings. The van der Waals surface area contributed by atoms with Gasteiger partial charge < -0.3 is 14.2 Å². The van der Waals surface area contributed by atoms with Gasteiger partial charge in [-0.1, -0.05) is 0 Å². The molecule has 0 aromatic carbocycles. The first-order valence-electron chi connectivity index (χ1n) is 3.31. The fourth-order valence-electron chi connectivity index (χ4n) is 0.734. The molecule has 0 aliphatic rings. The van der Waals surface area contributed by atoms with Crippen molar-refractivity contribution in [2.75, 3.05) is 21.3 Å². The van der Waals surface area contributed by atoms with E-state index in [0.29, 0.717) is 17.5 Å². The summed E-state index contributed by atoms with van der Waals surface area (Å²) in [5.74, 6) is 1.25. The van der Waals surface area contributed by atoms with Gasteiger partial charge in [0, 0.05) is 6.07 Å². The average Bonchev–Trinajstić information content (AvgIpc) is 2.16. The fraction of sp³-hybridized carbons (Fsp3) is 0.429. The van der Waals surface area contributed by atoms with Gasteiger partial charge in [-0.25, -0.2) is 0 Å². The molecule has 0 aliphatic heterocycles. The van der Waals surface area contributed by atoms with Crippen LogP contribution in [0.4, 0.5) is 0 Å². The first-order valence-corrected chi connectivity index (χ1v) is 3.31. The highest BCUT2D eigenvalue weighted by Crippen LogP contribution is 2.25. The van der Waals surface area contributed by atoms with Crippen molar-refractivity contribution in [2.45, 2.75) is 0 Å². The molecule has 12 heavy (non-hydrogen) atoms. The van der Waals surface area contributed by atoms with E-state index >= 15 is 0 Å². The van der Waals surface area contributed by atoms with Gasteiger partial charge in [-0.2, -0.15) is 0 Å². The summed E-state index contributed by atoms with van der Waals surface area (Å²) in [5, 5.41) is 7.42. The summed E-state index contributed by atoms with van der Waals surface area (Å²) in [7, 11) is 4.54. The van der Waals surface area contributed by atoms with E-state index in [4.69, 9.17) is 14.2 Å². The van der Waals surface area contributed by atoms with Crippen LogP contribution >= 0.6 is 0 Å². The van der Waals surface area contributed by atoms with Crippen LogP contribution in [-0.4, -0.2) is 31.5 Å². The Hall–Kier alpha value is -1.52. The molecular weight excluding hydrogens is 160 g/mol. The molecule has 0 unspecified atom stereocenters. The minimum absolute atomic E-state index is 0.346. The lowest BCUT2D eigenvalue weighted by Gasteiger charge is -2.05. The van der Waals surface area contributed by atoms with E-state index < -0.39 is 0 Å². The predicted octanol–water partition coefficient (Wildman–Crippen LogP) is 0.502. The summed E-state index contributed by atoms with van der Waals surface area (Å²) in [6, 6.07) is 1.60. The van der Waals surface area contributed by atoms with Gasteiger partial charge in [0.05, 0.1) is 21.3 Å². The largest absolute Gasteiger partial charge is 0.491 e. The van der Waals surface area contributed by atoms with Gasteiger partial charge in [-0.15, -0.1) is 10.2 Å². The Morgan fingerprint density at radius 3 is 2.25 bits per heavy atom. The van der Waals surface area contributed by atoms with Gasteiger partial charge in [0.15, 0.2) is 5.75 Å². The minimum Gasteiger partial charge on any atom is -0.491 e. The molecule has 66 valence electrons. The Morgan fingerprint density at radius 2 is 1.75 bits per heavy atom. The number of methoxy groups -OCH3 is 3. The molecule has 5 heteroatoms. The molecule has 1 rings (SSSR count). The molecule has 0 amide bonds. The fourth-order valence-corrected chi connectivity index (χ4v) is 0.734. The predicted molar refractivity (Wildman–Crippen MR) is 41.7 cm³/mol. The van der Waals surface area contributed by atoms with Crippen LogP contribution in [0.3, 0.4) is 0 Å². The zero-order valence-corrected chi connectivity index (χ0v) is 7.20. The van der Waals surface area contributed by atoms with Crippen LogP contribution in [0, 0.1) is 0 Å². The van der Waals surface area contributed by atoms with Crippen LogP contribution in [-0.2, 0) is 0 Å². The molecule has 1 aromatic heterocycles. The zero-order valence-electron chi connectivity index (χ0n) is 7.20. The second-order valence-electron chi connectivity index (χ2n) is 1.96. The van der Waals surface area contributed by atoms with Crippen molar-refractivity contribution < 1.29 is 14.2 Å². The van der Waals surface area contributed by atoms with Crippen molar-refractivity contribution in [3.8, 4) is 17.5 Å². The Bertz CT molecular complexity index is 265. The third-order valence-electron chi connectivity index (χ3n) is 1.33. The molecule has 1 aromatic rings. The SMILES string of the molecule is COc1cc(OC)c(OC)nn1. The Morgan fingerprint density at radius 1 is 1.00 bits per heavy atom. The quantitative estimate of drug-likeness (QED) is 0.661. The second kappa shape index (κ2) is 3.75. The first kappa shape index (κ1) is 8.58. The minimum atomic E-state index is 0.346. The van der Waals surface area contributed by atoms with Crippen LogP contribution in [0.1, 0.15) is 0 Å². The maximum absolute atomic E-state index is 4.97. The third-order valence-corrected chi connectivity index (χ3v) is 1.33. The van der Waals surface area contributed by atoms with Gasteiger partial charge >= 0.3 is 0 Å². The van der Waals surface area contributed by atoms with E-state index in [2.05, 4.69) is 10.2 Å². The van der Waals surface area contributed by atoms with Gasteiger partial charge in [0.1, 0.15) is 0 Å². The smallest absolute Gasteiger partial charge is 0.276 e. The number of hydrogen-bond donors (Lipinski definition) is 0. The van der Waals surface area contributed by atoms with Crippen LogP contribution in [0.15, 0.2) is 6.07 Å². The summed E-state index contributed by atoms with van der Waals surface area (Å²) >= 11 is 0. The van der Waals surface area contributed by atoms with Crippen LogP contribution < -0.4 is 14.2 Å². The number of rotatable bonds is 3. The number of aromatic nitrogens is 2. The highest BCUT2D eigenvalue weighted by Gasteiger charge is 2.06. The van der Waals surface area contributed by atoms with E-state index in [-0.39, 0.29) is 0 Å². The molecule has 1 heterocycles. The Balaban J connectivity index is 3.02. The average molecular weight is 170 g/mol. The molecular formula is C7H10N2O3. The van der Waals surface area contributed by atoms with Crippen LogP contribution in [0.2, 0.25) is 0 Å². The molecule has 0 atom stereocenters. The normalized spacial score (nSPS) is 9.25. The second-order valence-corrected chi connectivity index (χ2v) is 1.96. The van der Waals surface area contributed by atoms with E-state index in [9.17, 15) is 0 Å². The maximum atomic E-state index is 4.97. The summed E-state index contributed by atoms with van der Waals surface area (Å²) in [6.45, 7) is 0. The highest BCUT2D eigenvalue weighted by molar-refractivity contribution is 5.35. The lowest BCUT2D eigenvalue weighted by atomic mass is 10.5. The van der Waals surface area contributed by atoms with Crippen molar-refractivity contribution in [3.63, 3.8) is 0 Å². The van der Waals surface area contributed by atoms with E-state index in [0.717, 1.165) is 0 Å². The number of ether oxygens (including phenoxy) is 3. The molecule has 0 aliphatic carbocycles. The molecule has 0 N–H and O–H groups in total. The third kappa shape index (κ3) is 1.55. The Kier molecular flexibility index (Phi) is 2.68. The molecule has 5 nitrogen and oxygen atoms in total. The number of hydrogen-bond acceptors (Lipinski definition) is 5. The summed E-state index contributed by atoms with van der Waals surface area (Å²) in [4.78, 5) is 0. The molecule has 0 saturated heterocycles. The van der Waals surface area contributed by atoms with Crippen molar-refractivity contribution in [1.82, 2.24) is 10.2 Å². The molecule has 0 spiro atoms. The van der Waals surface area contributed by atoms with E-state index in [1.807, 2.05) is 0 Å². The summed E-state index contributed by atoms with van der Waals surface area (Å²) in [6.07, 6.45) is 0. The summed E-state index contributed by atoms with van der Waals surface area (Å²) < 4.78 is 14.7. The van der Waals surface area contributed by atoms with Gasteiger partial charge in [0.25, 0.3) is 5.88 Å². The van der Waals surface area contributed by atoms with Gasteiger partial charge in [0.2, 0.25) is 5.88 Å². The van der Waals surface area contributed by atoms with Crippen LogP contribution in [0.25, 0.3) is 0 Å². The Labute approximate surface area is 70.3 Å². The van der Waals surface area contributed by atoms with Crippen molar-refractivity contribution >= 4 is 0 Å². The van der Waals surface area contributed by atoms with Gasteiger partial charge in [-0.05, 0) is 0 Å².